The van der Waals surface area contributed by atoms with Crippen LogP contribution >= 0.6 is 0 Å². The SMILES string of the molecule is Cc1cc(-n2ccn(-c3c4c(nn3-c3cc(C)c(F)c(C)c3)CCN(C(=O)c3cc5cc(C6CCOCC6)ccc5n3[C@@]3(c5noc(=O)[nH]5)C[C@@H]3C)[C@H]4C)c2=O)ccc1[S@@](C)(=N)=O. The van der Waals surface area contributed by atoms with Gasteiger partial charge < -0.3 is 14.2 Å². The van der Waals surface area contributed by atoms with Crippen LogP contribution in [0.3, 0.4) is 0 Å². The Bertz CT molecular complexity index is 3230. The van der Waals surface area contributed by atoms with Crippen LogP contribution in [-0.4, -0.2) is 74.7 Å². The highest BCUT2D eigenvalue weighted by Gasteiger charge is 2.59. The Kier molecular flexibility index (Phi) is 9.45. The Labute approximate surface area is 362 Å². The summed E-state index contributed by atoms with van der Waals surface area (Å²) in [5.74, 6) is -0.124. The lowest BCUT2D eigenvalue weighted by atomic mass is 9.91. The molecule has 326 valence electrons. The number of aromatic nitrogens is 7. The van der Waals surface area contributed by atoms with Crippen LogP contribution in [0.4, 0.5) is 4.39 Å². The zero-order valence-corrected chi connectivity index (χ0v) is 36.7. The number of halogens is 1. The number of imidazole rings is 1. The monoisotopic (exact) mass is 873 g/mol. The van der Waals surface area contributed by atoms with Crippen LogP contribution in [0.15, 0.2) is 86.0 Å². The summed E-state index contributed by atoms with van der Waals surface area (Å²) >= 11 is 0. The summed E-state index contributed by atoms with van der Waals surface area (Å²) in [6, 6.07) is 16.1. The molecule has 0 unspecified atom stereocenters. The van der Waals surface area contributed by atoms with Crippen molar-refractivity contribution in [3.05, 3.63) is 139 Å². The van der Waals surface area contributed by atoms with E-state index in [2.05, 4.69) is 35.3 Å². The fourth-order valence-corrected chi connectivity index (χ4v) is 11.2. The number of nitrogens with one attached hydrogen (secondary N) is 2. The predicted molar refractivity (Wildman–Crippen MR) is 234 cm³/mol. The third-order valence-electron chi connectivity index (χ3n) is 13.5. The molecule has 4 atom stereocenters. The molecule has 0 bridgehead atoms. The first kappa shape index (κ1) is 40.7. The normalized spacial score (nSPS) is 21.2. The fraction of sp³-hybridized carbons (Fsp3) is 0.370. The van der Waals surface area contributed by atoms with E-state index in [1.54, 1.807) is 68.2 Å². The van der Waals surface area contributed by atoms with E-state index in [9.17, 15) is 13.8 Å². The quantitative estimate of drug-likeness (QED) is 0.164. The Balaban J connectivity index is 1.12. The number of benzene rings is 3. The predicted octanol–water partition coefficient (Wildman–Crippen LogP) is 6.98. The van der Waals surface area contributed by atoms with Crippen LogP contribution in [0.25, 0.3) is 28.1 Å². The molecule has 2 N–H and O–H groups in total. The van der Waals surface area contributed by atoms with Crippen molar-refractivity contribution < 1.29 is 22.7 Å². The molecule has 63 heavy (non-hydrogen) atoms. The van der Waals surface area contributed by atoms with E-state index in [0.717, 1.165) is 23.7 Å². The van der Waals surface area contributed by atoms with Gasteiger partial charge in [0.05, 0.1) is 32.8 Å². The van der Waals surface area contributed by atoms with Gasteiger partial charge in [0, 0.05) is 66.2 Å². The highest BCUT2D eigenvalue weighted by molar-refractivity contribution is 7.91. The maximum absolute atomic E-state index is 15.4. The number of ether oxygens (including phenoxy) is 1. The van der Waals surface area contributed by atoms with E-state index in [4.69, 9.17) is 19.1 Å². The van der Waals surface area contributed by atoms with Gasteiger partial charge in [-0.3, -0.25) is 23.4 Å². The number of carbonyl (C=O) groups is 1. The van der Waals surface area contributed by atoms with E-state index in [0.29, 0.717) is 100 Å². The number of rotatable bonds is 8. The molecule has 3 aromatic carbocycles. The second kappa shape index (κ2) is 14.6. The van der Waals surface area contributed by atoms with Gasteiger partial charge in [-0.05, 0) is 130 Å². The average Bonchev–Trinajstić information content (AvgIpc) is 3.75. The molecule has 10 rings (SSSR count). The van der Waals surface area contributed by atoms with E-state index < -0.39 is 32.8 Å². The lowest BCUT2D eigenvalue weighted by Gasteiger charge is -2.34. The number of aromatic amines is 1. The number of H-pyrrole nitrogens is 1. The molecule has 2 fully saturated rings. The summed E-state index contributed by atoms with van der Waals surface area (Å²) in [4.78, 5) is 47.5. The van der Waals surface area contributed by atoms with Gasteiger partial charge in [0.25, 0.3) is 5.91 Å². The summed E-state index contributed by atoms with van der Waals surface area (Å²) in [6.45, 7) is 10.8. The first-order valence-corrected chi connectivity index (χ1v) is 23.2. The van der Waals surface area contributed by atoms with E-state index in [-0.39, 0.29) is 17.6 Å². The number of hydrogen-bond acceptors (Lipinski definition) is 9. The third-order valence-corrected chi connectivity index (χ3v) is 14.8. The molecular formula is C46H48FN9O6S. The first-order valence-electron chi connectivity index (χ1n) is 21.2. The van der Waals surface area contributed by atoms with Crippen molar-refractivity contribution in [2.24, 2.45) is 5.92 Å². The Morgan fingerprint density at radius 1 is 0.952 bits per heavy atom. The Morgan fingerprint density at radius 2 is 1.65 bits per heavy atom. The average molecular weight is 874 g/mol. The summed E-state index contributed by atoms with van der Waals surface area (Å²) in [7, 11) is -3.00. The summed E-state index contributed by atoms with van der Waals surface area (Å²) in [6.07, 6.45) is 7.46. The lowest BCUT2D eigenvalue weighted by molar-refractivity contribution is 0.0663. The number of hydrogen-bond donors (Lipinski definition) is 2. The molecule has 0 radical (unpaired) electrons. The van der Waals surface area contributed by atoms with Crippen LogP contribution < -0.4 is 11.4 Å². The first-order chi connectivity index (χ1) is 30.1. The number of fused-ring (bicyclic) bond motifs is 2. The Morgan fingerprint density at radius 3 is 2.30 bits per heavy atom. The summed E-state index contributed by atoms with van der Waals surface area (Å²) < 4.78 is 53.2. The van der Waals surface area contributed by atoms with Gasteiger partial charge >= 0.3 is 11.4 Å². The molecule has 15 nitrogen and oxygen atoms in total. The Hall–Kier alpha value is -6.33. The van der Waals surface area contributed by atoms with Gasteiger partial charge in [-0.2, -0.15) is 5.10 Å². The summed E-state index contributed by atoms with van der Waals surface area (Å²) in [5.41, 5.74) is 5.08. The zero-order chi connectivity index (χ0) is 44.3. The van der Waals surface area contributed by atoms with Crippen LogP contribution in [0.1, 0.15) is 94.9 Å². The highest BCUT2D eigenvalue weighted by Crippen LogP contribution is 2.56. The lowest BCUT2D eigenvalue weighted by Crippen LogP contribution is -2.41. The van der Waals surface area contributed by atoms with Crippen molar-refractivity contribution in [1.29, 1.82) is 4.78 Å². The van der Waals surface area contributed by atoms with Gasteiger partial charge in [-0.25, -0.2) is 27.6 Å². The second-order valence-electron chi connectivity index (χ2n) is 17.6. The van der Waals surface area contributed by atoms with Crippen molar-refractivity contribution in [3.8, 4) is 17.2 Å². The molecule has 6 heterocycles. The number of nitrogens with zero attached hydrogens (tertiary/aromatic N) is 7. The minimum Gasteiger partial charge on any atom is -0.381 e. The maximum atomic E-state index is 15.4. The standard InChI is InChI=1S/C46H48FN9O6S/c1-25-19-33(8-10-38(25)63(6,48)60)53-15-16-54(45(53)59)41-39-29(5)52(14-11-35(39)50-56(41)34-20-26(2)40(47)27(3)21-34)42(57)37-23-32-22-31(30-12-17-61-18-13-30)7-9-36(32)55(37)46(24-28(46)4)43-49-44(58)62-51-43/h7-10,15-16,19-23,28-30,48H,11-14,17-18,24H2,1-6H3,(H,49,51,58)/t28-,29-,46-,63-/m0/s1. The highest BCUT2D eigenvalue weighted by atomic mass is 32.2. The molecule has 0 spiro atoms. The zero-order valence-electron chi connectivity index (χ0n) is 35.9. The maximum Gasteiger partial charge on any atom is 0.438 e. The largest absolute Gasteiger partial charge is 0.438 e. The van der Waals surface area contributed by atoms with Gasteiger partial charge in [-0.15, -0.1) is 0 Å². The minimum atomic E-state index is -3.00. The molecule has 1 saturated carbocycles. The number of amides is 1. The molecule has 17 heteroatoms. The minimum absolute atomic E-state index is 0.0161. The molecule has 4 aromatic heterocycles. The van der Waals surface area contributed by atoms with E-state index >= 15 is 9.18 Å². The van der Waals surface area contributed by atoms with Crippen LogP contribution in [0.5, 0.6) is 0 Å². The van der Waals surface area contributed by atoms with Crippen molar-refractivity contribution >= 4 is 26.5 Å². The van der Waals surface area contributed by atoms with Crippen LogP contribution in [0.2, 0.25) is 0 Å². The van der Waals surface area contributed by atoms with Crippen LogP contribution in [-0.2, 0) is 26.4 Å². The topological polar surface area (TPSA) is 179 Å². The fourth-order valence-electron chi connectivity index (χ4n) is 10.2. The molecule has 1 amide bonds. The smallest absolute Gasteiger partial charge is 0.381 e. The van der Waals surface area contributed by atoms with Gasteiger partial charge in [0.1, 0.15) is 22.9 Å². The molecular weight excluding hydrogens is 826 g/mol. The number of aryl methyl sites for hydroxylation is 3. The summed E-state index contributed by atoms with van der Waals surface area (Å²) in [5, 5.41) is 10.1. The van der Waals surface area contributed by atoms with Gasteiger partial charge in [0.2, 0.25) is 0 Å². The van der Waals surface area contributed by atoms with Gasteiger partial charge in [-0.1, -0.05) is 18.1 Å². The molecule has 3 aliphatic rings. The van der Waals surface area contributed by atoms with Crippen LogP contribution in [0, 0.1) is 37.3 Å². The third kappa shape index (κ3) is 6.45. The molecule has 2 aliphatic heterocycles. The van der Waals surface area contributed by atoms with Gasteiger partial charge in [0.15, 0.2) is 5.82 Å². The van der Waals surface area contributed by atoms with Crippen molar-refractivity contribution in [2.45, 2.75) is 82.7 Å². The van der Waals surface area contributed by atoms with E-state index in [1.165, 1.54) is 21.0 Å². The number of carbonyl (C=O) groups excluding carboxylic acids is 1. The molecule has 7 aromatic rings. The second-order valence-corrected chi connectivity index (χ2v) is 19.7. The van der Waals surface area contributed by atoms with Crippen molar-refractivity contribution in [3.63, 3.8) is 0 Å². The van der Waals surface area contributed by atoms with Crippen molar-refractivity contribution in [2.75, 3.05) is 26.0 Å². The molecule has 1 aliphatic carbocycles. The molecule has 1 saturated heterocycles. The van der Waals surface area contributed by atoms with E-state index in [1.807, 2.05) is 22.5 Å². The van der Waals surface area contributed by atoms with Crippen molar-refractivity contribution in [1.82, 2.24) is 38.5 Å².